The summed E-state index contributed by atoms with van der Waals surface area (Å²) in [6.07, 6.45) is 11.3. The molecule has 0 amide bonds. The first-order valence-electron chi connectivity index (χ1n) is 8.85. The van der Waals surface area contributed by atoms with Gasteiger partial charge < -0.3 is 10.3 Å². The van der Waals surface area contributed by atoms with Crippen LogP contribution in [-0.2, 0) is 0 Å². The third-order valence-electron chi connectivity index (χ3n) is 5.78. The normalized spacial score (nSPS) is 34.0. The molecule has 4 nitrogen and oxygen atoms in total. The molecule has 2 saturated carbocycles. The van der Waals surface area contributed by atoms with E-state index in [1.54, 1.807) is 0 Å². The average Bonchev–Trinajstić information content (AvgIpc) is 3.04. The molecular formula is C17H29N3O. The van der Waals surface area contributed by atoms with E-state index in [-0.39, 0.29) is 0 Å². The van der Waals surface area contributed by atoms with Crippen LogP contribution in [0.5, 0.6) is 0 Å². The van der Waals surface area contributed by atoms with E-state index in [2.05, 4.69) is 12.1 Å². The highest BCUT2D eigenvalue weighted by atomic mass is 16.5. The van der Waals surface area contributed by atoms with Gasteiger partial charge in [-0.05, 0) is 56.9 Å². The molecule has 2 unspecified atom stereocenters. The highest BCUT2D eigenvalue weighted by Gasteiger charge is 2.31. The van der Waals surface area contributed by atoms with Crippen LogP contribution in [0.4, 0.5) is 0 Å². The lowest BCUT2D eigenvalue weighted by atomic mass is 9.79. The lowest BCUT2D eigenvalue weighted by Crippen LogP contribution is -2.25. The zero-order chi connectivity index (χ0) is 14.7. The maximum Gasteiger partial charge on any atom is 0.230 e. The van der Waals surface area contributed by atoms with E-state index >= 15 is 0 Å². The Balaban J connectivity index is 1.66. The van der Waals surface area contributed by atoms with Crippen molar-refractivity contribution in [2.75, 3.05) is 6.54 Å². The van der Waals surface area contributed by atoms with Crippen LogP contribution in [0.3, 0.4) is 0 Å². The minimum atomic E-state index is 0.400. The van der Waals surface area contributed by atoms with Crippen LogP contribution in [0.1, 0.15) is 88.3 Å². The van der Waals surface area contributed by atoms with Crippen LogP contribution in [-0.4, -0.2) is 16.7 Å². The van der Waals surface area contributed by atoms with E-state index in [1.165, 1.54) is 51.4 Å². The molecule has 4 heteroatoms. The number of nitrogens with two attached hydrogens (primary N) is 1. The average molecular weight is 291 g/mol. The first-order valence-corrected chi connectivity index (χ1v) is 8.85. The molecule has 1 heterocycles. The first-order chi connectivity index (χ1) is 10.3. The first kappa shape index (κ1) is 15.0. The van der Waals surface area contributed by atoms with Crippen molar-refractivity contribution in [2.24, 2.45) is 17.6 Å². The van der Waals surface area contributed by atoms with Gasteiger partial charge in [-0.25, -0.2) is 0 Å². The molecule has 0 saturated heterocycles. The Morgan fingerprint density at radius 2 is 1.86 bits per heavy atom. The number of rotatable bonds is 4. The van der Waals surface area contributed by atoms with Crippen molar-refractivity contribution in [3.8, 4) is 0 Å². The van der Waals surface area contributed by atoms with E-state index in [1.807, 2.05) is 0 Å². The van der Waals surface area contributed by atoms with Crippen molar-refractivity contribution in [1.29, 1.82) is 0 Å². The smallest absolute Gasteiger partial charge is 0.230 e. The summed E-state index contributed by atoms with van der Waals surface area (Å²) >= 11 is 0. The molecule has 3 rings (SSSR count). The van der Waals surface area contributed by atoms with Crippen molar-refractivity contribution < 1.29 is 4.52 Å². The Morgan fingerprint density at radius 3 is 2.57 bits per heavy atom. The maximum absolute atomic E-state index is 5.92. The largest absolute Gasteiger partial charge is 0.339 e. The minimum absolute atomic E-state index is 0.400. The summed E-state index contributed by atoms with van der Waals surface area (Å²) in [5, 5.41) is 4.31. The molecule has 0 aromatic carbocycles. The van der Waals surface area contributed by atoms with Crippen LogP contribution < -0.4 is 5.73 Å². The van der Waals surface area contributed by atoms with Crippen molar-refractivity contribution in [3.63, 3.8) is 0 Å². The second kappa shape index (κ2) is 6.91. The van der Waals surface area contributed by atoms with E-state index in [4.69, 9.17) is 15.2 Å². The molecule has 2 fully saturated rings. The molecule has 0 aliphatic heterocycles. The zero-order valence-electron chi connectivity index (χ0n) is 13.3. The summed E-state index contributed by atoms with van der Waals surface area (Å²) in [5.41, 5.74) is 5.92. The van der Waals surface area contributed by atoms with Crippen LogP contribution >= 0.6 is 0 Å². The summed E-state index contributed by atoms with van der Waals surface area (Å²) in [5.74, 6) is 4.18. The summed E-state index contributed by atoms with van der Waals surface area (Å²) < 4.78 is 5.63. The van der Waals surface area contributed by atoms with Gasteiger partial charge in [-0.3, -0.25) is 0 Å². The monoisotopic (exact) mass is 291 g/mol. The van der Waals surface area contributed by atoms with Gasteiger partial charge in [0.15, 0.2) is 5.82 Å². The lowest BCUT2D eigenvalue weighted by Gasteiger charge is -2.27. The van der Waals surface area contributed by atoms with Crippen molar-refractivity contribution in [3.05, 3.63) is 11.7 Å². The Bertz CT molecular complexity index is 437. The number of hydrogen-bond acceptors (Lipinski definition) is 4. The fraction of sp³-hybridized carbons (Fsp3) is 0.882. The quantitative estimate of drug-likeness (QED) is 0.911. The topological polar surface area (TPSA) is 64.9 Å². The highest BCUT2D eigenvalue weighted by Crippen LogP contribution is 2.39. The van der Waals surface area contributed by atoms with Gasteiger partial charge in [-0.2, -0.15) is 4.98 Å². The molecule has 2 aliphatic carbocycles. The molecule has 0 radical (unpaired) electrons. The fourth-order valence-electron chi connectivity index (χ4n) is 4.21. The molecule has 1 aromatic heterocycles. The van der Waals surface area contributed by atoms with Crippen LogP contribution in [0.25, 0.3) is 0 Å². The van der Waals surface area contributed by atoms with Gasteiger partial charge in [0, 0.05) is 11.8 Å². The van der Waals surface area contributed by atoms with Crippen molar-refractivity contribution in [1.82, 2.24) is 10.1 Å². The molecule has 2 aliphatic rings. The molecule has 0 bridgehead atoms. The number of hydrogen-bond donors (Lipinski definition) is 1. The third kappa shape index (κ3) is 3.31. The molecule has 1 aromatic rings. The molecule has 2 N–H and O–H groups in total. The molecular weight excluding hydrogens is 262 g/mol. The highest BCUT2D eigenvalue weighted by molar-refractivity contribution is 5.03. The van der Waals surface area contributed by atoms with E-state index in [0.717, 1.165) is 30.6 Å². The minimum Gasteiger partial charge on any atom is -0.339 e. The second-order valence-corrected chi connectivity index (χ2v) is 7.00. The van der Waals surface area contributed by atoms with E-state index in [0.29, 0.717) is 17.8 Å². The molecule has 0 spiro atoms. The Labute approximate surface area is 127 Å². The second-order valence-electron chi connectivity index (χ2n) is 7.00. The number of nitrogens with zero attached hydrogens (tertiary/aromatic N) is 2. The predicted molar refractivity (Wildman–Crippen MR) is 83.0 cm³/mol. The van der Waals surface area contributed by atoms with Gasteiger partial charge in [0.05, 0.1) is 0 Å². The fourth-order valence-corrected chi connectivity index (χ4v) is 4.21. The predicted octanol–water partition coefficient (Wildman–Crippen LogP) is 3.99. The van der Waals surface area contributed by atoms with Crippen molar-refractivity contribution in [2.45, 2.75) is 76.5 Å². The standard InChI is InChI=1S/C17H29N3O/c1-2-12-7-9-13(10-8-12)16-19-17(21-20-16)15-6-4-3-5-14(15)11-18/h12-15H,2-11,18H2,1H3. The zero-order valence-corrected chi connectivity index (χ0v) is 13.3. The Morgan fingerprint density at radius 1 is 1.10 bits per heavy atom. The molecule has 2 atom stereocenters. The van der Waals surface area contributed by atoms with Crippen LogP contribution in [0, 0.1) is 11.8 Å². The van der Waals surface area contributed by atoms with E-state index < -0.39 is 0 Å². The van der Waals surface area contributed by atoms with Crippen LogP contribution in [0.15, 0.2) is 4.52 Å². The summed E-state index contributed by atoms with van der Waals surface area (Å²) in [6.45, 7) is 3.04. The Kier molecular flexibility index (Phi) is 4.94. The lowest BCUT2D eigenvalue weighted by molar-refractivity contribution is 0.247. The SMILES string of the molecule is CCC1CCC(c2noc(C3CCCCC3CN)n2)CC1. The Hall–Kier alpha value is -0.900. The van der Waals surface area contributed by atoms with Gasteiger partial charge in [-0.15, -0.1) is 0 Å². The molecule has 21 heavy (non-hydrogen) atoms. The summed E-state index contributed by atoms with van der Waals surface area (Å²) in [7, 11) is 0. The number of aromatic nitrogens is 2. The van der Waals surface area contributed by atoms with Gasteiger partial charge in [0.25, 0.3) is 0 Å². The van der Waals surface area contributed by atoms with Crippen LogP contribution in [0.2, 0.25) is 0 Å². The van der Waals surface area contributed by atoms with Gasteiger partial charge in [-0.1, -0.05) is 31.3 Å². The summed E-state index contributed by atoms with van der Waals surface area (Å²) in [4.78, 5) is 4.77. The van der Waals surface area contributed by atoms with Gasteiger partial charge >= 0.3 is 0 Å². The van der Waals surface area contributed by atoms with Gasteiger partial charge in [0.2, 0.25) is 5.89 Å². The van der Waals surface area contributed by atoms with Gasteiger partial charge in [0.1, 0.15) is 0 Å². The third-order valence-corrected chi connectivity index (χ3v) is 5.78. The van der Waals surface area contributed by atoms with Crippen molar-refractivity contribution >= 4 is 0 Å². The maximum atomic E-state index is 5.92. The molecule has 118 valence electrons. The summed E-state index contributed by atoms with van der Waals surface area (Å²) in [6, 6.07) is 0. The van der Waals surface area contributed by atoms with E-state index in [9.17, 15) is 0 Å².